The topological polar surface area (TPSA) is 61.7 Å². The van der Waals surface area contributed by atoms with Crippen LogP contribution in [0.5, 0.6) is 0 Å². The van der Waals surface area contributed by atoms with Crippen molar-refractivity contribution in [1.29, 1.82) is 0 Å². The number of fused-ring (bicyclic) bond motifs is 1. The van der Waals surface area contributed by atoms with Crippen LogP contribution in [0.25, 0.3) is 0 Å². The largest absolute Gasteiger partial charge is 0.336 e. The van der Waals surface area contributed by atoms with E-state index in [0.717, 1.165) is 90.2 Å². The number of hydrogen-bond acceptors (Lipinski definition) is 4. The molecule has 26 heavy (non-hydrogen) atoms. The Bertz CT molecular complexity index is 684. The Kier molecular flexibility index (Phi) is 4.98. The van der Waals surface area contributed by atoms with E-state index in [1.807, 2.05) is 14.4 Å². The highest BCUT2D eigenvalue weighted by atomic mass is 16.2. The molecule has 2 amide bonds. The third-order valence-corrected chi connectivity index (χ3v) is 6.01. The number of carbonyl (C=O) groups excluding carboxylic acids is 2. The molecule has 1 aromatic rings. The molecule has 0 unspecified atom stereocenters. The van der Waals surface area contributed by atoms with Crippen molar-refractivity contribution in [3.05, 3.63) is 17.2 Å². The molecule has 142 valence electrons. The van der Waals surface area contributed by atoms with E-state index < -0.39 is 0 Å². The van der Waals surface area contributed by atoms with Gasteiger partial charge in [0.05, 0.1) is 5.69 Å². The normalized spacial score (nSPS) is 21.1. The first kappa shape index (κ1) is 17.5. The van der Waals surface area contributed by atoms with Crippen molar-refractivity contribution in [1.82, 2.24) is 24.3 Å². The van der Waals surface area contributed by atoms with Crippen LogP contribution in [0, 0.1) is 0 Å². The molecular weight excluding hydrogens is 330 g/mol. The number of rotatable bonds is 3. The van der Waals surface area contributed by atoms with Gasteiger partial charge in [0, 0.05) is 45.8 Å². The van der Waals surface area contributed by atoms with Crippen LogP contribution in [0.3, 0.4) is 0 Å². The van der Waals surface area contributed by atoms with Crippen molar-refractivity contribution in [2.75, 3.05) is 45.8 Å². The van der Waals surface area contributed by atoms with Crippen LogP contribution in [-0.2, 0) is 13.0 Å². The molecule has 2 fully saturated rings. The highest BCUT2D eigenvalue weighted by molar-refractivity contribution is 5.97. The molecule has 3 aliphatic rings. The molecule has 7 heteroatoms. The molecule has 3 aliphatic heterocycles. The summed E-state index contributed by atoms with van der Waals surface area (Å²) >= 11 is 0. The van der Waals surface area contributed by atoms with Crippen LogP contribution < -0.4 is 0 Å². The molecule has 7 nitrogen and oxygen atoms in total. The van der Waals surface area contributed by atoms with Crippen LogP contribution >= 0.6 is 0 Å². The van der Waals surface area contributed by atoms with Crippen molar-refractivity contribution < 1.29 is 9.59 Å². The maximum absolute atomic E-state index is 13.1. The second-order valence-electron chi connectivity index (χ2n) is 7.57. The number of amides is 2. The zero-order valence-electron chi connectivity index (χ0n) is 15.7. The Morgan fingerprint density at radius 3 is 2.19 bits per heavy atom. The van der Waals surface area contributed by atoms with E-state index in [1.165, 1.54) is 0 Å². The lowest BCUT2D eigenvalue weighted by Crippen LogP contribution is -2.48. The second-order valence-corrected chi connectivity index (χ2v) is 7.57. The van der Waals surface area contributed by atoms with Gasteiger partial charge < -0.3 is 19.3 Å². The number of hydrogen-bond donors (Lipinski definition) is 0. The quantitative estimate of drug-likeness (QED) is 0.814. The highest BCUT2D eigenvalue weighted by Gasteiger charge is 2.33. The van der Waals surface area contributed by atoms with Crippen LogP contribution in [-0.4, -0.2) is 81.9 Å². The number of likely N-dealkylation sites (tertiary alicyclic amines) is 1. The predicted octanol–water partition coefficient (Wildman–Crippen LogP) is 1.23. The average molecular weight is 359 g/mol. The summed E-state index contributed by atoms with van der Waals surface area (Å²) in [5.74, 6) is 0.490. The fourth-order valence-electron chi connectivity index (χ4n) is 4.36. The average Bonchev–Trinajstić information content (AvgIpc) is 3.35. The second kappa shape index (κ2) is 7.39. The minimum absolute atomic E-state index is 0.000465. The molecule has 0 N–H and O–H groups in total. The Morgan fingerprint density at radius 1 is 0.846 bits per heavy atom. The zero-order chi connectivity index (χ0) is 18.1. The molecule has 0 radical (unpaired) electrons. The van der Waals surface area contributed by atoms with E-state index in [-0.39, 0.29) is 11.8 Å². The first-order valence-electron chi connectivity index (χ1n) is 10.1. The summed E-state index contributed by atoms with van der Waals surface area (Å²) in [6.45, 7) is 8.91. The molecule has 0 saturated carbocycles. The highest BCUT2D eigenvalue weighted by Crippen LogP contribution is 2.24. The number of piperazine rings is 1. The molecule has 0 atom stereocenters. The SMILES string of the molecule is CCN1CCN(C(=O)c2nc(C(=O)N3CCCC3)n3c2CCCC3)CC1. The van der Waals surface area contributed by atoms with E-state index >= 15 is 0 Å². The smallest absolute Gasteiger partial charge is 0.289 e. The Hall–Kier alpha value is -1.89. The van der Waals surface area contributed by atoms with E-state index in [0.29, 0.717) is 11.5 Å². The summed E-state index contributed by atoms with van der Waals surface area (Å²) in [5.41, 5.74) is 1.50. The molecule has 1 aromatic heterocycles. The first-order valence-corrected chi connectivity index (χ1v) is 10.1. The van der Waals surface area contributed by atoms with Gasteiger partial charge in [-0.1, -0.05) is 6.92 Å². The summed E-state index contributed by atoms with van der Waals surface area (Å²) in [4.78, 5) is 36.8. The van der Waals surface area contributed by atoms with E-state index in [2.05, 4.69) is 16.8 Å². The fourth-order valence-corrected chi connectivity index (χ4v) is 4.36. The third-order valence-electron chi connectivity index (χ3n) is 6.01. The molecule has 0 spiro atoms. The molecule has 0 aliphatic carbocycles. The van der Waals surface area contributed by atoms with Gasteiger partial charge in [0.2, 0.25) is 0 Å². The van der Waals surface area contributed by atoms with Crippen LogP contribution in [0.2, 0.25) is 0 Å². The predicted molar refractivity (Wildman–Crippen MR) is 98.3 cm³/mol. The van der Waals surface area contributed by atoms with Crippen molar-refractivity contribution in [3.63, 3.8) is 0 Å². The molecular formula is C19H29N5O2. The number of aromatic nitrogens is 2. The summed E-state index contributed by atoms with van der Waals surface area (Å²) in [5, 5.41) is 0. The molecule has 2 saturated heterocycles. The van der Waals surface area contributed by atoms with Gasteiger partial charge in [-0.3, -0.25) is 9.59 Å². The van der Waals surface area contributed by atoms with Gasteiger partial charge in [-0.2, -0.15) is 0 Å². The Balaban J connectivity index is 1.60. The molecule has 4 heterocycles. The van der Waals surface area contributed by atoms with Gasteiger partial charge in [-0.15, -0.1) is 0 Å². The van der Waals surface area contributed by atoms with Crippen LogP contribution in [0.4, 0.5) is 0 Å². The van der Waals surface area contributed by atoms with Gasteiger partial charge >= 0.3 is 0 Å². The lowest BCUT2D eigenvalue weighted by atomic mass is 10.1. The number of carbonyl (C=O) groups is 2. The van der Waals surface area contributed by atoms with Crippen LogP contribution in [0.15, 0.2) is 0 Å². The van der Waals surface area contributed by atoms with Crippen molar-refractivity contribution in [3.8, 4) is 0 Å². The van der Waals surface area contributed by atoms with Crippen LogP contribution in [0.1, 0.15) is 59.4 Å². The molecule has 0 aromatic carbocycles. The van der Waals surface area contributed by atoms with E-state index in [1.54, 1.807) is 0 Å². The number of likely N-dealkylation sites (N-methyl/N-ethyl adjacent to an activating group) is 1. The summed E-state index contributed by atoms with van der Waals surface area (Å²) in [7, 11) is 0. The fraction of sp³-hybridized carbons (Fsp3) is 0.737. The monoisotopic (exact) mass is 359 g/mol. The number of nitrogens with zero attached hydrogens (tertiary/aromatic N) is 5. The van der Waals surface area contributed by atoms with Gasteiger partial charge in [0.1, 0.15) is 5.69 Å². The standard InChI is InChI=1S/C19H29N5O2/c1-2-21-11-13-23(14-12-21)18(25)16-15-7-3-4-10-24(15)17(20-16)19(26)22-8-5-6-9-22/h2-14H2,1H3. The zero-order valence-corrected chi connectivity index (χ0v) is 15.7. The van der Waals surface area contributed by atoms with E-state index in [9.17, 15) is 9.59 Å². The van der Waals surface area contributed by atoms with Crippen molar-refractivity contribution >= 4 is 11.8 Å². The molecule has 0 bridgehead atoms. The van der Waals surface area contributed by atoms with Crippen molar-refractivity contribution in [2.24, 2.45) is 0 Å². The maximum Gasteiger partial charge on any atom is 0.289 e. The lowest BCUT2D eigenvalue weighted by Gasteiger charge is -2.33. The minimum atomic E-state index is 0.000465. The third kappa shape index (κ3) is 3.13. The number of imidazole rings is 1. The van der Waals surface area contributed by atoms with Gasteiger partial charge in [-0.25, -0.2) is 4.98 Å². The summed E-state index contributed by atoms with van der Waals surface area (Å²) in [6.07, 6.45) is 5.08. The summed E-state index contributed by atoms with van der Waals surface area (Å²) in [6, 6.07) is 0. The lowest BCUT2D eigenvalue weighted by molar-refractivity contribution is 0.0636. The minimum Gasteiger partial charge on any atom is -0.336 e. The van der Waals surface area contributed by atoms with Crippen molar-refractivity contribution in [2.45, 2.75) is 45.6 Å². The first-order chi connectivity index (χ1) is 12.7. The van der Waals surface area contributed by atoms with Gasteiger partial charge in [-0.05, 0) is 38.6 Å². The summed E-state index contributed by atoms with van der Waals surface area (Å²) < 4.78 is 2.03. The maximum atomic E-state index is 13.1. The Labute approximate surface area is 154 Å². The van der Waals surface area contributed by atoms with Gasteiger partial charge in [0.15, 0.2) is 5.82 Å². The van der Waals surface area contributed by atoms with E-state index in [4.69, 9.17) is 0 Å². The van der Waals surface area contributed by atoms with Gasteiger partial charge in [0.25, 0.3) is 11.8 Å². The molecule has 4 rings (SSSR count). The Morgan fingerprint density at radius 2 is 1.50 bits per heavy atom.